The quantitative estimate of drug-likeness (QED) is 0.613. The van der Waals surface area contributed by atoms with Crippen LogP contribution in [0, 0.1) is 0 Å². The molecule has 172 valence electrons. The van der Waals surface area contributed by atoms with Gasteiger partial charge in [0.05, 0.1) is 25.6 Å². The van der Waals surface area contributed by atoms with E-state index in [2.05, 4.69) is 51.6 Å². The Morgan fingerprint density at radius 3 is 2.30 bits per heavy atom. The molecular weight excluding hydrogens is 418 g/mol. The van der Waals surface area contributed by atoms with Crippen LogP contribution in [0.2, 0.25) is 0 Å². The number of nitrogens with one attached hydrogen (secondary N) is 1. The van der Waals surface area contributed by atoms with Gasteiger partial charge in [-0.25, -0.2) is 4.79 Å². The van der Waals surface area contributed by atoms with Crippen molar-refractivity contribution in [3.8, 4) is 22.8 Å². The van der Waals surface area contributed by atoms with Gasteiger partial charge in [-0.15, -0.1) is 10.2 Å². The van der Waals surface area contributed by atoms with Crippen LogP contribution in [0.5, 0.6) is 11.5 Å². The lowest BCUT2D eigenvalue weighted by atomic mass is 10.1. The van der Waals surface area contributed by atoms with Crippen molar-refractivity contribution in [2.75, 3.05) is 50.6 Å². The number of amides is 2. The molecule has 8 heteroatoms. The summed E-state index contributed by atoms with van der Waals surface area (Å²) in [5, 5.41) is 11.8. The Kier molecular flexibility index (Phi) is 6.92. The maximum atomic E-state index is 12.8. The van der Waals surface area contributed by atoms with Crippen LogP contribution < -0.4 is 19.7 Å². The Hall–Kier alpha value is -3.81. The van der Waals surface area contributed by atoms with Gasteiger partial charge in [0.1, 0.15) is 11.5 Å². The van der Waals surface area contributed by atoms with Crippen LogP contribution in [-0.2, 0) is 6.42 Å². The van der Waals surface area contributed by atoms with Crippen LogP contribution in [0.15, 0.2) is 54.6 Å². The van der Waals surface area contributed by atoms with Gasteiger partial charge in [-0.05, 0) is 36.2 Å². The third-order valence-corrected chi connectivity index (χ3v) is 5.85. The zero-order chi connectivity index (χ0) is 23.2. The number of carbonyl (C=O) groups excluding carboxylic acids is 1. The number of aromatic nitrogens is 2. The number of hydrogen-bond acceptors (Lipinski definition) is 6. The van der Waals surface area contributed by atoms with Crippen LogP contribution in [0.1, 0.15) is 12.5 Å². The van der Waals surface area contributed by atoms with Gasteiger partial charge in [-0.3, -0.25) is 0 Å². The molecule has 2 aromatic carbocycles. The minimum absolute atomic E-state index is 0.168. The number of hydrogen-bond donors (Lipinski definition) is 1. The summed E-state index contributed by atoms with van der Waals surface area (Å²) in [6, 6.07) is 17.5. The first-order chi connectivity index (χ1) is 16.1. The smallest absolute Gasteiger partial charge is 0.322 e. The Bertz CT molecular complexity index is 1080. The number of nitrogens with zero attached hydrogens (tertiary/aromatic N) is 4. The highest BCUT2D eigenvalue weighted by molar-refractivity contribution is 5.91. The van der Waals surface area contributed by atoms with Gasteiger partial charge in [0.2, 0.25) is 0 Å². The Morgan fingerprint density at radius 2 is 1.70 bits per heavy atom. The molecule has 2 amide bonds. The molecule has 0 saturated carbocycles. The molecule has 2 heterocycles. The highest BCUT2D eigenvalue weighted by Gasteiger charge is 2.23. The third-order valence-electron chi connectivity index (χ3n) is 5.85. The summed E-state index contributed by atoms with van der Waals surface area (Å²) >= 11 is 0. The zero-order valence-electron chi connectivity index (χ0n) is 19.2. The highest BCUT2D eigenvalue weighted by Crippen LogP contribution is 2.29. The predicted octanol–water partition coefficient (Wildman–Crippen LogP) is 4.08. The van der Waals surface area contributed by atoms with Crippen molar-refractivity contribution < 1.29 is 14.3 Å². The summed E-state index contributed by atoms with van der Waals surface area (Å²) in [4.78, 5) is 16.7. The molecule has 0 unspecified atom stereocenters. The van der Waals surface area contributed by atoms with E-state index in [1.54, 1.807) is 37.3 Å². The number of rotatable bonds is 6. The summed E-state index contributed by atoms with van der Waals surface area (Å²) < 4.78 is 10.6. The summed E-state index contributed by atoms with van der Waals surface area (Å²) in [5.41, 5.74) is 3.79. The topological polar surface area (TPSA) is 79.8 Å². The normalized spacial score (nSPS) is 13.5. The van der Waals surface area contributed by atoms with Crippen molar-refractivity contribution in [1.82, 2.24) is 15.1 Å². The number of urea groups is 1. The van der Waals surface area contributed by atoms with E-state index in [9.17, 15) is 4.79 Å². The van der Waals surface area contributed by atoms with Crippen molar-refractivity contribution in [3.63, 3.8) is 0 Å². The molecule has 0 atom stereocenters. The maximum absolute atomic E-state index is 12.8. The van der Waals surface area contributed by atoms with Gasteiger partial charge in [0.15, 0.2) is 5.82 Å². The second kappa shape index (κ2) is 10.2. The molecule has 1 aliphatic heterocycles. The molecule has 0 bridgehead atoms. The lowest BCUT2D eigenvalue weighted by Crippen LogP contribution is -2.50. The van der Waals surface area contributed by atoms with Crippen molar-refractivity contribution in [2.45, 2.75) is 13.3 Å². The van der Waals surface area contributed by atoms with Gasteiger partial charge < -0.3 is 24.6 Å². The predicted molar refractivity (Wildman–Crippen MR) is 129 cm³/mol. The van der Waals surface area contributed by atoms with E-state index in [0.717, 1.165) is 23.5 Å². The molecule has 0 spiro atoms. The van der Waals surface area contributed by atoms with Gasteiger partial charge >= 0.3 is 6.03 Å². The second-order valence-electron chi connectivity index (χ2n) is 7.80. The lowest BCUT2D eigenvalue weighted by Gasteiger charge is -2.35. The van der Waals surface area contributed by atoms with E-state index in [-0.39, 0.29) is 6.03 Å². The van der Waals surface area contributed by atoms with E-state index in [1.807, 2.05) is 12.1 Å². The number of aryl methyl sites for hydroxylation is 1. The van der Waals surface area contributed by atoms with E-state index >= 15 is 0 Å². The number of methoxy groups -OCH3 is 2. The summed E-state index contributed by atoms with van der Waals surface area (Å²) in [6.07, 6.45) is 1.02. The molecule has 1 fully saturated rings. The van der Waals surface area contributed by atoms with E-state index in [1.165, 1.54) is 5.56 Å². The summed E-state index contributed by atoms with van der Waals surface area (Å²) in [7, 11) is 3.16. The molecule has 1 saturated heterocycles. The molecular formula is C25H29N5O3. The molecule has 1 N–H and O–H groups in total. The number of anilines is 2. The average Bonchev–Trinajstić information content (AvgIpc) is 2.89. The van der Waals surface area contributed by atoms with Crippen LogP contribution in [-0.4, -0.2) is 61.5 Å². The fourth-order valence-electron chi connectivity index (χ4n) is 3.80. The average molecular weight is 448 g/mol. The van der Waals surface area contributed by atoms with Gasteiger partial charge in [-0.1, -0.05) is 31.2 Å². The zero-order valence-corrected chi connectivity index (χ0v) is 19.2. The van der Waals surface area contributed by atoms with Crippen LogP contribution in [0.25, 0.3) is 11.3 Å². The molecule has 1 aliphatic rings. The number of carbonyl (C=O) groups is 1. The number of piperazine rings is 1. The molecule has 4 rings (SSSR count). The standard InChI is InChI=1S/C25H29N5O3/c1-4-18-5-7-19(8-6-18)21-10-12-24(28-27-21)29-13-15-30(16-14-29)25(31)26-22-17-20(32-2)9-11-23(22)33-3/h5-12,17H,4,13-16H2,1-3H3,(H,26,31). The van der Waals surface area contributed by atoms with E-state index in [4.69, 9.17) is 9.47 Å². The van der Waals surface area contributed by atoms with Crippen molar-refractivity contribution in [3.05, 3.63) is 60.2 Å². The SMILES string of the molecule is CCc1ccc(-c2ccc(N3CCN(C(=O)Nc4cc(OC)ccc4OC)CC3)nn2)cc1. The third kappa shape index (κ3) is 5.16. The van der Waals surface area contributed by atoms with Crippen LogP contribution in [0.4, 0.5) is 16.3 Å². The molecule has 0 radical (unpaired) electrons. The number of benzene rings is 2. The van der Waals surface area contributed by atoms with Crippen molar-refractivity contribution in [2.24, 2.45) is 0 Å². The Labute approximate surface area is 194 Å². The van der Waals surface area contributed by atoms with Crippen molar-refractivity contribution in [1.29, 1.82) is 0 Å². The summed E-state index contributed by atoms with van der Waals surface area (Å²) in [5.74, 6) is 2.06. The Morgan fingerprint density at radius 1 is 0.939 bits per heavy atom. The van der Waals surface area contributed by atoms with Crippen molar-refractivity contribution >= 4 is 17.5 Å². The molecule has 33 heavy (non-hydrogen) atoms. The van der Waals surface area contributed by atoms with Gasteiger partial charge in [-0.2, -0.15) is 0 Å². The monoisotopic (exact) mass is 447 g/mol. The molecule has 3 aromatic rings. The van der Waals surface area contributed by atoms with Gasteiger partial charge in [0, 0.05) is 37.8 Å². The van der Waals surface area contributed by atoms with E-state index < -0.39 is 0 Å². The minimum atomic E-state index is -0.168. The fraction of sp³-hybridized carbons (Fsp3) is 0.320. The van der Waals surface area contributed by atoms with E-state index in [0.29, 0.717) is 43.4 Å². The highest BCUT2D eigenvalue weighted by atomic mass is 16.5. The maximum Gasteiger partial charge on any atom is 0.322 e. The first-order valence-corrected chi connectivity index (χ1v) is 11.1. The first-order valence-electron chi connectivity index (χ1n) is 11.1. The van der Waals surface area contributed by atoms with Crippen LogP contribution >= 0.6 is 0 Å². The minimum Gasteiger partial charge on any atom is -0.497 e. The second-order valence-corrected chi connectivity index (χ2v) is 7.80. The summed E-state index contributed by atoms with van der Waals surface area (Å²) in [6.45, 7) is 4.67. The fourth-order valence-corrected chi connectivity index (χ4v) is 3.80. The first kappa shape index (κ1) is 22.4. The largest absolute Gasteiger partial charge is 0.497 e. The van der Waals surface area contributed by atoms with Gasteiger partial charge in [0.25, 0.3) is 0 Å². The molecule has 0 aliphatic carbocycles. The lowest BCUT2D eigenvalue weighted by molar-refractivity contribution is 0.208. The molecule has 1 aromatic heterocycles. The van der Waals surface area contributed by atoms with Crippen LogP contribution in [0.3, 0.4) is 0 Å². The number of ether oxygens (including phenoxy) is 2. The Balaban J connectivity index is 1.35. The molecule has 8 nitrogen and oxygen atoms in total.